The summed E-state index contributed by atoms with van der Waals surface area (Å²) in [6, 6.07) is 8.47. The molecule has 2 saturated heterocycles. The fraction of sp³-hybridized carbons (Fsp3) is 0.389. The number of rotatable bonds is 3. The number of aryl methyl sites for hydroxylation is 1. The molecule has 0 unspecified atom stereocenters. The lowest BCUT2D eigenvalue weighted by Crippen LogP contribution is -3.19. The highest BCUT2D eigenvalue weighted by atomic mass is 16.5. The van der Waals surface area contributed by atoms with E-state index in [0.29, 0.717) is 18.8 Å². The highest BCUT2D eigenvalue weighted by molar-refractivity contribution is 6.21. The Balaban J connectivity index is 1.44. The smallest absolute Gasteiger partial charge is 0.293 e. The van der Waals surface area contributed by atoms with Crippen LogP contribution in [0.15, 0.2) is 34.9 Å². The third-order valence-corrected chi connectivity index (χ3v) is 5.11. The van der Waals surface area contributed by atoms with E-state index in [0.717, 1.165) is 28.6 Å². The Kier molecular flexibility index (Phi) is 4.12. The molecule has 1 aromatic heterocycles. The van der Waals surface area contributed by atoms with Crippen LogP contribution in [0.5, 0.6) is 5.75 Å². The van der Waals surface area contributed by atoms with Gasteiger partial charge in [-0.1, -0.05) is 17.3 Å². The number of hydrogen-bond donors (Lipinski definition) is 2. The summed E-state index contributed by atoms with van der Waals surface area (Å²) in [6.45, 7) is 4.61. The number of carbonyl (C=O) groups excluding carboxylic acids is 2. The lowest BCUT2D eigenvalue weighted by molar-refractivity contribution is -0.915. The van der Waals surface area contributed by atoms with Crippen molar-refractivity contribution in [1.82, 2.24) is 5.16 Å². The predicted molar refractivity (Wildman–Crippen MR) is 93.2 cm³/mol. The number of imide groups is 1. The van der Waals surface area contributed by atoms with E-state index >= 15 is 0 Å². The first-order valence-corrected chi connectivity index (χ1v) is 8.72. The van der Waals surface area contributed by atoms with Gasteiger partial charge < -0.3 is 19.4 Å². The molecular weight excluding hydrogens is 336 g/mol. The molecule has 8 nitrogen and oxygen atoms in total. The molecule has 2 N–H and O–H groups in total. The van der Waals surface area contributed by atoms with Gasteiger partial charge in [0.2, 0.25) is 5.91 Å². The largest absolute Gasteiger partial charge is 0.506 e. The Morgan fingerprint density at radius 2 is 1.96 bits per heavy atom. The molecule has 0 radical (unpaired) electrons. The van der Waals surface area contributed by atoms with Crippen LogP contribution in [0.1, 0.15) is 12.2 Å². The van der Waals surface area contributed by atoms with E-state index in [2.05, 4.69) is 10.1 Å². The number of para-hydroxylation sites is 2. The summed E-state index contributed by atoms with van der Waals surface area (Å²) in [7, 11) is 0. The summed E-state index contributed by atoms with van der Waals surface area (Å²) in [5.74, 6) is 0.647. The number of amides is 2. The van der Waals surface area contributed by atoms with E-state index in [1.165, 1.54) is 0 Å². The summed E-state index contributed by atoms with van der Waals surface area (Å²) in [4.78, 5) is 29.5. The van der Waals surface area contributed by atoms with Crippen LogP contribution in [0.4, 0.5) is 11.5 Å². The van der Waals surface area contributed by atoms with Gasteiger partial charge in [-0.25, -0.2) is 4.90 Å². The van der Waals surface area contributed by atoms with Crippen molar-refractivity contribution in [3.63, 3.8) is 0 Å². The van der Waals surface area contributed by atoms with Gasteiger partial charge in [-0.05, 0) is 19.1 Å². The molecule has 3 heterocycles. The zero-order chi connectivity index (χ0) is 18.3. The molecule has 1 aromatic carbocycles. The minimum atomic E-state index is -0.383. The van der Waals surface area contributed by atoms with E-state index in [1.807, 2.05) is 12.1 Å². The maximum absolute atomic E-state index is 12.8. The van der Waals surface area contributed by atoms with Crippen molar-refractivity contribution in [2.24, 2.45) is 0 Å². The molecule has 4 rings (SSSR count). The summed E-state index contributed by atoms with van der Waals surface area (Å²) in [6.07, 6.45) is 0.191. The molecule has 2 amide bonds. The molecule has 0 spiro atoms. The quantitative estimate of drug-likeness (QED) is 0.735. The van der Waals surface area contributed by atoms with E-state index in [9.17, 15) is 14.7 Å². The van der Waals surface area contributed by atoms with Crippen LogP contribution < -0.4 is 14.7 Å². The molecule has 2 aliphatic rings. The number of carbonyl (C=O) groups is 2. The minimum Gasteiger partial charge on any atom is -0.506 e. The maximum Gasteiger partial charge on any atom is 0.293 e. The van der Waals surface area contributed by atoms with Crippen LogP contribution in [0, 0.1) is 6.92 Å². The van der Waals surface area contributed by atoms with Crippen molar-refractivity contribution in [2.45, 2.75) is 19.4 Å². The average molecular weight is 357 g/mol. The summed E-state index contributed by atoms with van der Waals surface area (Å²) < 4.78 is 5.00. The van der Waals surface area contributed by atoms with Crippen molar-refractivity contribution in [1.29, 1.82) is 0 Å². The topological polar surface area (TPSA) is 91.3 Å². The van der Waals surface area contributed by atoms with Crippen molar-refractivity contribution in [3.05, 3.63) is 36.1 Å². The van der Waals surface area contributed by atoms with Gasteiger partial charge in [-0.3, -0.25) is 9.59 Å². The highest BCUT2D eigenvalue weighted by Gasteiger charge is 2.47. The van der Waals surface area contributed by atoms with Crippen LogP contribution in [0.3, 0.4) is 0 Å². The first-order chi connectivity index (χ1) is 12.5. The zero-order valence-electron chi connectivity index (χ0n) is 14.5. The molecule has 2 fully saturated rings. The Labute approximate surface area is 150 Å². The second-order valence-electron chi connectivity index (χ2n) is 6.75. The number of piperazine rings is 1. The number of phenolic OH excluding ortho intramolecular Hbond substituents is 1. The summed E-state index contributed by atoms with van der Waals surface area (Å²) in [5, 5.41) is 13.8. The van der Waals surface area contributed by atoms with Gasteiger partial charge >= 0.3 is 0 Å². The van der Waals surface area contributed by atoms with Gasteiger partial charge in [0.05, 0.1) is 38.3 Å². The number of aromatic hydroxyl groups is 1. The maximum atomic E-state index is 12.8. The van der Waals surface area contributed by atoms with E-state index < -0.39 is 0 Å². The molecule has 1 atom stereocenters. The number of quaternary nitrogens is 1. The lowest BCUT2D eigenvalue weighted by atomic mass is 10.1. The third kappa shape index (κ3) is 2.82. The molecule has 0 bridgehead atoms. The summed E-state index contributed by atoms with van der Waals surface area (Å²) >= 11 is 0. The molecule has 8 heteroatoms. The van der Waals surface area contributed by atoms with E-state index in [4.69, 9.17) is 4.52 Å². The normalized spacial score (nSPS) is 21.7. The minimum absolute atomic E-state index is 0.191. The Hall–Kier alpha value is -2.87. The standard InChI is InChI=1S/C18H20N4O4/c1-12-10-16(19-26-12)22-17(24)11-14(18(22)25)21-8-6-20(7-9-21)13-4-2-3-5-15(13)23/h2-5,10,14,23H,6-9,11H2,1H3/p+1/t14-/m0/s1. The van der Waals surface area contributed by atoms with Crippen LogP contribution in [0.2, 0.25) is 0 Å². The predicted octanol–water partition coefficient (Wildman–Crippen LogP) is -0.274. The van der Waals surface area contributed by atoms with Gasteiger partial charge in [0.15, 0.2) is 11.9 Å². The van der Waals surface area contributed by atoms with Gasteiger partial charge in [0.1, 0.15) is 11.5 Å². The molecule has 2 aliphatic heterocycles. The number of aromatic nitrogens is 1. The van der Waals surface area contributed by atoms with Crippen LogP contribution in [0.25, 0.3) is 0 Å². The van der Waals surface area contributed by atoms with Crippen molar-refractivity contribution in [2.75, 3.05) is 36.0 Å². The number of nitrogens with zero attached hydrogens (tertiary/aromatic N) is 3. The number of phenols is 1. The van der Waals surface area contributed by atoms with Gasteiger partial charge in [-0.2, -0.15) is 0 Å². The number of anilines is 2. The monoisotopic (exact) mass is 357 g/mol. The lowest BCUT2D eigenvalue weighted by Gasteiger charge is -2.35. The van der Waals surface area contributed by atoms with Crippen molar-refractivity contribution < 1.29 is 24.1 Å². The number of benzene rings is 1. The molecule has 0 aliphatic carbocycles. The molecule has 26 heavy (non-hydrogen) atoms. The van der Waals surface area contributed by atoms with Crippen LogP contribution in [-0.2, 0) is 9.59 Å². The van der Waals surface area contributed by atoms with Crippen LogP contribution >= 0.6 is 0 Å². The first-order valence-electron chi connectivity index (χ1n) is 8.72. The third-order valence-electron chi connectivity index (χ3n) is 5.11. The fourth-order valence-electron chi connectivity index (χ4n) is 3.77. The Bertz CT molecular complexity index is 841. The Morgan fingerprint density at radius 1 is 1.23 bits per heavy atom. The van der Waals surface area contributed by atoms with Gasteiger partial charge in [0.25, 0.3) is 5.91 Å². The average Bonchev–Trinajstić information content (AvgIpc) is 3.18. The first kappa shape index (κ1) is 16.6. The van der Waals surface area contributed by atoms with Crippen molar-refractivity contribution in [3.8, 4) is 5.75 Å². The zero-order valence-corrected chi connectivity index (χ0v) is 14.5. The van der Waals surface area contributed by atoms with Gasteiger partial charge in [0, 0.05) is 6.07 Å². The van der Waals surface area contributed by atoms with Crippen LogP contribution in [-0.4, -0.2) is 54.3 Å². The van der Waals surface area contributed by atoms with E-state index in [-0.39, 0.29) is 35.8 Å². The molecular formula is C18H21N4O4+. The second-order valence-corrected chi connectivity index (χ2v) is 6.75. The second kappa shape index (κ2) is 6.45. The van der Waals surface area contributed by atoms with Crippen molar-refractivity contribution >= 4 is 23.3 Å². The molecule has 136 valence electrons. The van der Waals surface area contributed by atoms with E-state index in [1.54, 1.807) is 25.1 Å². The number of hydrogen-bond acceptors (Lipinski definition) is 6. The fourth-order valence-corrected chi connectivity index (χ4v) is 3.77. The summed E-state index contributed by atoms with van der Waals surface area (Å²) in [5.41, 5.74) is 0.806. The molecule has 2 aromatic rings. The number of nitrogens with one attached hydrogen (secondary N) is 1. The SMILES string of the molecule is Cc1cc(N2C(=O)C[C@H]([NH+]3CCN(c4ccccc4O)CC3)C2=O)no1. The molecule has 0 saturated carbocycles. The Morgan fingerprint density at radius 3 is 2.62 bits per heavy atom. The highest BCUT2D eigenvalue weighted by Crippen LogP contribution is 2.26. The van der Waals surface area contributed by atoms with Gasteiger partial charge in [-0.15, -0.1) is 0 Å².